The summed E-state index contributed by atoms with van der Waals surface area (Å²) in [4.78, 5) is 10.8. The van der Waals surface area contributed by atoms with E-state index in [-0.39, 0.29) is 36.0 Å². The number of carbonyl (C=O) groups excluding carboxylic acids is 1. The van der Waals surface area contributed by atoms with Crippen LogP contribution in [0.2, 0.25) is 10.0 Å². The molecule has 0 bridgehead atoms. The van der Waals surface area contributed by atoms with Crippen LogP contribution in [0.15, 0.2) is 36.4 Å². The molecule has 0 saturated heterocycles. The van der Waals surface area contributed by atoms with Gasteiger partial charge in [0.15, 0.2) is 0 Å². The summed E-state index contributed by atoms with van der Waals surface area (Å²) in [5.41, 5.74) is 7.97. The molecule has 0 aliphatic heterocycles. The van der Waals surface area contributed by atoms with Gasteiger partial charge in [-0.15, -0.1) is 0 Å². The zero-order chi connectivity index (χ0) is 14.0. The monoisotopic (exact) mass is 317 g/mol. The molecule has 0 saturated carbocycles. The molecule has 0 fully saturated rings. The number of nitrogens with two attached hydrogens (primary N) is 1. The number of carboxylic acid groups (broad SMARTS) is 1. The van der Waals surface area contributed by atoms with Crippen molar-refractivity contribution in [1.82, 2.24) is 0 Å². The van der Waals surface area contributed by atoms with E-state index in [1.165, 1.54) is 0 Å². The van der Waals surface area contributed by atoms with Crippen molar-refractivity contribution in [2.75, 3.05) is 5.73 Å². The first-order valence-corrected chi connectivity index (χ1v) is 6.28. The summed E-state index contributed by atoms with van der Waals surface area (Å²) in [7, 11) is 0. The first kappa shape index (κ1) is 17.3. The van der Waals surface area contributed by atoms with Crippen LogP contribution in [-0.4, -0.2) is 5.97 Å². The molecule has 0 unspecified atom stereocenters. The van der Waals surface area contributed by atoms with Gasteiger partial charge < -0.3 is 15.6 Å². The Morgan fingerprint density at radius 1 is 1.05 bits per heavy atom. The molecule has 0 heterocycles. The molecule has 0 aliphatic carbocycles. The summed E-state index contributed by atoms with van der Waals surface area (Å²) in [5, 5.41) is 11.7. The van der Waals surface area contributed by atoms with E-state index in [2.05, 4.69) is 0 Å². The Balaban J connectivity index is 0.00000200. The molecule has 2 aromatic carbocycles. The zero-order valence-corrected chi connectivity index (χ0v) is 14.3. The predicted octanol–water partition coefficient (Wildman–Crippen LogP) is -0.461. The Kier molecular flexibility index (Phi) is 6.37. The second-order valence-electron chi connectivity index (χ2n) is 4.03. The minimum absolute atomic E-state index is 0. The van der Waals surface area contributed by atoms with Crippen molar-refractivity contribution in [1.29, 1.82) is 0 Å². The number of hydrogen-bond donors (Lipinski definition) is 1. The average molecular weight is 318 g/mol. The second-order valence-corrected chi connectivity index (χ2v) is 4.84. The largest absolute Gasteiger partial charge is 1.00 e. The molecule has 0 aliphatic rings. The Morgan fingerprint density at radius 2 is 1.60 bits per heavy atom. The van der Waals surface area contributed by atoms with Crippen molar-refractivity contribution in [3.05, 3.63) is 52.0 Å². The van der Waals surface area contributed by atoms with E-state index >= 15 is 0 Å². The number of anilines is 1. The van der Waals surface area contributed by atoms with Gasteiger partial charge in [0.25, 0.3) is 0 Å². The summed E-state index contributed by atoms with van der Waals surface area (Å²) >= 11 is 12.3. The molecule has 2 N–H and O–H groups in total. The Hall–Kier alpha value is -0.710. The van der Waals surface area contributed by atoms with Gasteiger partial charge in [-0.1, -0.05) is 41.4 Å². The Labute approximate surface area is 149 Å². The quantitative estimate of drug-likeness (QED) is 0.615. The van der Waals surface area contributed by atoms with Crippen molar-refractivity contribution >= 4 is 34.9 Å². The van der Waals surface area contributed by atoms with Crippen LogP contribution < -0.4 is 40.4 Å². The zero-order valence-electron chi connectivity index (χ0n) is 10.8. The average Bonchev–Trinajstić information content (AvgIpc) is 2.31. The molecule has 0 amide bonds. The van der Waals surface area contributed by atoms with Crippen LogP contribution in [0.3, 0.4) is 0 Å². The number of aliphatic carboxylic acids is 1. The second kappa shape index (κ2) is 7.34. The van der Waals surface area contributed by atoms with Gasteiger partial charge in [0, 0.05) is 39.2 Å². The molecule has 0 radical (unpaired) electrons. The van der Waals surface area contributed by atoms with Crippen LogP contribution in [-0.2, 0) is 11.2 Å². The number of benzene rings is 2. The number of halogens is 2. The van der Waals surface area contributed by atoms with Crippen molar-refractivity contribution in [3.63, 3.8) is 0 Å². The van der Waals surface area contributed by atoms with Crippen LogP contribution in [0.5, 0.6) is 0 Å². The van der Waals surface area contributed by atoms with Crippen molar-refractivity contribution < 1.29 is 39.5 Å². The fraction of sp³-hybridized carbons (Fsp3) is 0.0714. The Morgan fingerprint density at radius 3 is 2.15 bits per heavy atom. The van der Waals surface area contributed by atoms with Gasteiger partial charge in [-0.2, -0.15) is 0 Å². The molecule has 3 nitrogen and oxygen atoms in total. The SMILES string of the molecule is Nc1cccc(CC(=O)[O-])c1-c1c(Cl)cccc1Cl.[Na+]. The first-order chi connectivity index (χ1) is 9.00. The molecule has 6 heteroatoms. The van der Waals surface area contributed by atoms with Gasteiger partial charge in [0.2, 0.25) is 0 Å². The standard InChI is InChI=1S/C14H11Cl2NO2.Na/c15-9-4-2-5-10(16)14(9)13-8(7-12(18)19)3-1-6-11(13)17;/h1-6H,7,17H2,(H,18,19);/q;+1/p-1. The van der Waals surface area contributed by atoms with Crippen molar-refractivity contribution in [2.45, 2.75) is 6.42 Å². The normalized spacial score (nSPS) is 9.90. The maximum Gasteiger partial charge on any atom is 1.00 e. The van der Waals surface area contributed by atoms with Gasteiger partial charge in [-0.3, -0.25) is 0 Å². The van der Waals surface area contributed by atoms with E-state index in [0.29, 0.717) is 32.4 Å². The first-order valence-electron chi connectivity index (χ1n) is 5.52. The molecule has 0 atom stereocenters. The predicted molar refractivity (Wildman–Crippen MR) is 75.0 cm³/mol. The Bertz CT molecular complexity index is 627. The summed E-state index contributed by atoms with van der Waals surface area (Å²) in [5.74, 6) is -1.19. The van der Waals surface area contributed by atoms with E-state index in [1.807, 2.05) is 0 Å². The van der Waals surface area contributed by atoms with E-state index in [4.69, 9.17) is 28.9 Å². The molecular formula is C14H10Cl2NNaO2. The minimum atomic E-state index is -1.19. The maximum absolute atomic E-state index is 10.8. The topological polar surface area (TPSA) is 66.2 Å². The van der Waals surface area contributed by atoms with Gasteiger partial charge in [0.05, 0.1) is 0 Å². The third kappa shape index (κ3) is 3.68. The maximum atomic E-state index is 10.8. The number of rotatable bonds is 3. The van der Waals surface area contributed by atoms with Crippen LogP contribution in [0.1, 0.15) is 5.56 Å². The number of nitrogen functional groups attached to an aromatic ring is 1. The van der Waals surface area contributed by atoms with Crippen molar-refractivity contribution in [3.8, 4) is 11.1 Å². The van der Waals surface area contributed by atoms with E-state index < -0.39 is 5.97 Å². The van der Waals surface area contributed by atoms with Crippen LogP contribution in [0, 0.1) is 0 Å². The fourth-order valence-electron chi connectivity index (χ4n) is 1.96. The molecule has 98 valence electrons. The van der Waals surface area contributed by atoms with Crippen LogP contribution in [0.4, 0.5) is 5.69 Å². The number of carboxylic acids is 1. The minimum Gasteiger partial charge on any atom is -0.550 e. The molecule has 20 heavy (non-hydrogen) atoms. The van der Waals surface area contributed by atoms with Crippen LogP contribution >= 0.6 is 23.2 Å². The third-order valence-corrected chi connectivity index (χ3v) is 3.36. The molecule has 2 aromatic rings. The molecule has 0 aromatic heterocycles. The van der Waals surface area contributed by atoms with E-state index in [9.17, 15) is 9.90 Å². The van der Waals surface area contributed by atoms with E-state index in [0.717, 1.165) is 0 Å². The van der Waals surface area contributed by atoms with Gasteiger partial charge in [-0.05, 0) is 23.8 Å². The number of carbonyl (C=O) groups is 1. The summed E-state index contributed by atoms with van der Waals surface area (Å²) in [6.07, 6.45) is -0.248. The summed E-state index contributed by atoms with van der Waals surface area (Å²) in [6, 6.07) is 10.1. The van der Waals surface area contributed by atoms with Gasteiger partial charge in [0.1, 0.15) is 0 Å². The fourth-order valence-corrected chi connectivity index (χ4v) is 2.55. The van der Waals surface area contributed by atoms with Gasteiger partial charge in [-0.25, -0.2) is 0 Å². The summed E-state index contributed by atoms with van der Waals surface area (Å²) < 4.78 is 0. The number of hydrogen-bond acceptors (Lipinski definition) is 3. The molecular weight excluding hydrogens is 308 g/mol. The third-order valence-electron chi connectivity index (χ3n) is 2.73. The van der Waals surface area contributed by atoms with Gasteiger partial charge >= 0.3 is 29.6 Å². The smallest absolute Gasteiger partial charge is 0.550 e. The van der Waals surface area contributed by atoms with Crippen molar-refractivity contribution in [2.24, 2.45) is 0 Å². The summed E-state index contributed by atoms with van der Waals surface area (Å²) in [6.45, 7) is 0. The van der Waals surface area contributed by atoms with Crippen LogP contribution in [0.25, 0.3) is 11.1 Å². The molecule has 0 spiro atoms. The molecule has 2 rings (SSSR count). The van der Waals surface area contributed by atoms with E-state index in [1.54, 1.807) is 36.4 Å².